The zero-order chi connectivity index (χ0) is 15.1. The molecule has 1 aromatic carbocycles. The summed E-state index contributed by atoms with van der Waals surface area (Å²) in [7, 11) is 2.16. The van der Waals surface area contributed by atoms with Gasteiger partial charge in [0.05, 0.1) is 26.5 Å². The van der Waals surface area contributed by atoms with Crippen LogP contribution in [0, 0.1) is 5.92 Å². The number of imidazole rings is 1. The Morgan fingerprint density at radius 1 is 1.33 bits per heavy atom. The molecule has 1 saturated heterocycles. The fourth-order valence-corrected chi connectivity index (χ4v) is 3.55. The number of nitrogens with zero attached hydrogens (tertiary/aromatic N) is 3. The van der Waals surface area contributed by atoms with Crippen molar-refractivity contribution in [3.8, 4) is 0 Å². The minimum absolute atomic E-state index is 0.144. The molecular weight excluding hydrogens is 329 g/mol. The minimum atomic E-state index is -0.144. The Bertz CT molecular complexity index is 666. The fourth-order valence-electron chi connectivity index (χ4n) is 3.07. The van der Waals surface area contributed by atoms with Crippen LogP contribution in [-0.2, 0) is 6.54 Å². The van der Waals surface area contributed by atoms with E-state index in [4.69, 9.17) is 34.8 Å². The number of benzene rings is 1. The third kappa shape index (κ3) is 3.02. The molecule has 3 nitrogen and oxygen atoms in total. The molecule has 1 fully saturated rings. The first-order valence-corrected chi connectivity index (χ1v) is 8.32. The molecule has 1 aromatic heterocycles. The Morgan fingerprint density at radius 3 is 2.67 bits per heavy atom. The van der Waals surface area contributed by atoms with Gasteiger partial charge >= 0.3 is 0 Å². The van der Waals surface area contributed by atoms with Crippen molar-refractivity contribution >= 4 is 45.8 Å². The maximum Gasteiger partial charge on any atom is 0.127 e. The van der Waals surface area contributed by atoms with Gasteiger partial charge in [-0.25, -0.2) is 4.98 Å². The van der Waals surface area contributed by atoms with Crippen molar-refractivity contribution in [1.82, 2.24) is 14.5 Å². The van der Waals surface area contributed by atoms with E-state index >= 15 is 0 Å². The number of hydrogen-bond donors (Lipinski definition) is 0. The first-order valence-electron chi connectivity index (χ1n) is 7.13. The molecule has 0 amide bonds. The van der Waals surface area contributed by atoms with Crippen molar-refractivity contribution in [3.05, 3.63) is 28.0 Å². The lowest BCUT2D eigenvalue weighted by atomic mass is 10.1. The zero-order valence-corrected chi connectivity index (χ0v) is 14.4. The largest absolute Gasteiger partial charge is 0.326 e. The molecule has 21 heavy (non-hydrogen) atoms. The lowest BCUT2D eigenvalue weighted by Gasteiger charge is -2.15. The topological polar surface area (TPSA) is 21.1 Å². The molecule has 0 N–H and O–H groups in total. The maximum absolute atomic E-state index is 6.31. The first kappa shape index (κ1) is 15.4. The van der Waals surface area contributed by atoms with E-state index in [1.54, 1.807) is 0 Å². The van der Waals surface area contributed by atoms with Crippen molar-refractivity contribution in [3.63, 3.8) is 0 Å². The first-order chi connectivity index (χ1) is 9.95. The average molecular weight is 347 g/mol. The number of rotatable bonds is 3. The van der Waals surface area contributed by atoms with Gasteiger partial charge in [-0.05, 0) is 45.0 Å². The second-order valence-corrected chi connectivity index (χ2v) is 7.34. The molecule has 1 aliphatic heterocycles. The summed E-state index contributed by atoms with van der Waals surface area (Å²) >= 11 is 18.6. The van der Waals surface area contributed by atoms with E-state index in [-0.39, 0.29) is 5.38 Å². The SMILES string of the molecule is CC(Cl)c1nc2cc(Cl)c(Cl)cc2n1CC1CCN(C)C1. The van der Waals surface area contributed by atoms with Crippen LogP contribution in [-0.4, -0.2) is 34.6 Å². The number of alkyl halides is 1. The van der Waals surface area contributed by atoms with Gasteiger partial charge in [0.15, 0.2) is 0 Å². The zero-order valence-electron chi connectivity index (χ0n) is 12.1. The molecule has 2 unspecified atom stereocenters. The van der Waals surface area contributed by atoms with Gasteiger partial charge in [0.1, 0.15) is 5.82 Å². The van der Waals surface area contributed by atoms with Crippen LogP contribution in [0.5, 0.6) is 0 Å². The Labute approximate surface area is 139 Å². The Balaban J connectivity index is 2.05. The number of fused-ring (bicyclic) bond motifs is 1. The summed E-state index contributed by atoms with van der Waals surface area (Å²) in [5.41, 5.74) is 1.87. The van der Waals surface area contributed by atoms with Crippen molar-refractivity contribution in [2.45, 2.75) is 25.3 Å². The number of likely N-dealkylation sites (tertiary alicyclic amines) is 1. The van der Waals surface area contributed by atoms with Crippen LogP contribution >= 0.6 is 34.8 Å². The minimum Gasteiger partial charge on any atom is -0.326 e. The summed E-state index contributed by atoms with van der Waals surface area (Å²) in [4.78, 5) is 7.01. The summed E-state index contributed by atoms with van der Waals surface area (Å²) in [5.74, 6) is 1.51. The Hall–Kier alpha value is -0.480. The van der Waals surface area contributed by atoms with Gasteiger partial charge in [-0.2, -0.15) is 0 Å². The van der Waals surface area contributed by atoms with Crippen molar-refractivity contribution in [2.75, 3.05) is 20.1 Å². The van der Waals surface area contributed by atoms with E-state index in [9.17, 15) is 0 Å². The van der Waals surface area contributed by atoms with E-state index < -0.39 is 0 Å². The van der Waals surface area contributed by atoms with Gasteiger partial charge in [0, 0.05) is 13.1 Å². The van der Waals surface area contributed by atoms with Crippen molar-refractivity contribution in [1.29, 1.82) is 0 Å². The highest BCUT2D eigenvalue weighted by atomic mass is 35.5. The molecule has 0 spiro atoms. The average Bonchev–Trinajstić information content (AvgIpc) is 2.96. The standard InChI is InChI=1S/C15H18Cl3N3/c1-9(16)15-19-13-5-11(17)12(18)6-14(13)21(15)8-10-3-4-20(2)7-10/h5-6,9-10H,3-4,7-8H2,1-2H3. The summed E-state index contributed by atoms with van der Waals surface area (Å²) < 4.78 is 2.21. The summed E-state index contributed by atoms with van der Waals surface area (Å²) in [6.45, 7) is 5.13. The molecule has 6 heteroatoms. The molecular formula is C15H18Cl3N3. The highest BCUT2D eigenvalue weighted by Gasteiger charge is 2.23. The van der Waals surface area contributed by atoms with Gasteiger partial charge in [-0.1, -0.05) is 23.2 Å². The predicted molar refractivity (Wildman–Crippen MR) is 89.6 cm³/mol. The monoisotopic (exact) mass is 345 g/mol. The maximum atomic E-state index is 6.31. The number of aromatic nitrogens is 2. The molecule has 3 rings (SSSR count). The number of halogens is 3. The molecule has 0 radical (unpaired) electrons. The van der Waals surface area contributed by atoms with Gasteiger partial charge in [0.2, 0.25) is 0 Å². The van der Waals surface area contributed by atoms with Crippen LogP contribution in [0.25, 0.3) is 11.0 Å². The highest BCUT2D eigenvalue weighted by molar-refractivity contribution is 6.42. The molecule has 0 aliphatic carbocycles. The van der Waals surface area contributed by atoms with E-state index in [2.05, 4.69) is 21.5 Å². The quantitative estimate of drug-likeness (QED) is 0.758. The molecule has 2 atom stereocenters. The molecule has 114 valence electrons. The van der Waals surface area contributed by atoms with E-state index in [1.807, 2.05) is 19.1 Å². The Kier molecular flexibility index (Phi) is 4.37. The van der Waals surface area contributed by atoms with Gasteiger partial charge in [-0.15, -0.1) is 11.6 Å². The van der Waals surface area contributed by atoms with Gasteiger partial charge in [-0.3, -0.25) is 0 Å². The molecule has 1 aliphatic rings. The lowest BCUT2D eigenvalue weighted by Crippen LogP contribution is -2.18. The molecule has 0 bridgehead atoms. The van der Waals surface area contributed by atoms with Gasteiger partial charge in [0.25, 0.3) is 0 Å². The summed E-state index contributed by atoms with van der Waals surface area (Å²) in [6, 6.07) is 3.72. The predicted octanol–water partition coefficient (Wildman–Crippen LogP) is 4.59. The van der Waals surface area contributed by atoms with Crippen LogP contribution in [0.15, 0.2) is 12.1 Å². The number of hydrogen-bond acceptors (Lipinski definition) is 2. The van der Waals surface area contributed by atoms with Gasteiger partial charge < -0.3 is 9.47 Å². The fraction of sp³-hybridized carbons (Fsp3) is 0.533. The van der Waals surface area contributed by atoms with Crippen LogP contribution in [0.3, 0.4) is 0 Å². The summed E-state index contributed by atoms with van der Waals surface area (Å²) in [5, 5.41) is 0.944. The van der Waals surface area contributed by atoms with E-state index in [0.29, 0.717) is 16.0 Å². The van der Waals surface area contributed by atoms with Crippen LogP contribution < -0.4 is 0 Å². The Morgan fingerprint density at radius 2 is 2.05 bits per heavy atom. The van der Waals surface area contributed by atoms with E-state index in [0.717, 1.165) is 36.5 Å². The summed E-state index contributed by atoms with van der Waals surface area (Å²) in [6.07, 6.45) is 1.20. The smallest absolute Gasteiger partial charge is 0.127 e. The third-order valence-corrected chi connectivity index (χ3v) is 5.02. The third-order valence-electron chi connectivity index (χ3n) is 4.11. The van der Waals surface area contributed by atoms with Crippen molar-refractivity contribution in [2.24, 2.45) is 5.92 Å². The second kappa shape index (κ2) is 5.96. The lowest BCUT2D eigenvalue weighted by molar-refractivity contribution is 0.377. The van der Waals surface area contributed by atoms with Crippen molar-refractivity contribution < 1.29 is 0 Å². The molecule has 2 aromatic rings. The molecule has 2 heterocycles. The normalized spacial score (nSPS) is 21.3. The van der Waals surface area contributed by atoms with Crippen LogP contribution in [0.4, 0.5) is 0 Å². The molecule has 0 saturated carbocycles. The highest BCUT2D eigenvalue weighted by Crippen LogP contribution is 2.32. The van der Waals surface area contributed by atoms with E-state index in [1.165, 1.54) is 6.42 Å². The second-order valence-electron chi connectivity index (χ2n) is 5.87. The van der Waals surface area contributed by atoms with Crippen LogP contribution in [0.1, 0.15) is 24.5 Å². The van der Waals surface area contributed by atoms with Crippen LogP contribution in [0.2, 0.25) is 10.0 Å².